The predicted molar refractivity (Wildman–Crippen MR) is 94.6 cm³/mol. The SMILES string of the molecule is CS(=O)(=O)Nc1ccccc1C(=O)N1CCN(C2CCCC2)CC1. The maximum absolute atomic E-state index is 12.8. The highest BCUT2D eigenvalue weighted by atomic mass is 32.2. The van der Waals surface area contributed by atoms with Crippen molar-refractivity contribution in [2.24, 2.45) is 0 Å². The van der Waals surface area contributed by atoms with Crippen molar-refractivity contribution < 1.29 is 13.2 Å². The second-order valence-electron chi connectivity index (χ2n) is 6.69. The molecule has 6 nitrogen and oxygen atoms in total. The van der Waals surface area contributed by atoms with Crippen LogP contribution in [0.3, 0.4) is 0 Å². The molecule has 0 radical (unpaired) electrons. The molecule has 24 heavy (non-hydrogen) atoms. The van der Waals surface area contributed by atoms with Crippen LogP contribution in [0.1, 0.15) is 36.0 Å². The number of piperazine rings is 1. The lowest BCUT2D eigenvalue weighted by Crippen LogP contribution is -2.51. The molecule has 1 N–H and O–H groups in total. The van der Waals surface area contributed by atoms with Crippen molar-refractivity contribution >= 4 is 21.6 Å². The molecule has 1 aliphatic heterocycles. The van der Waals surface area contributed by atoms with E-state index in [1.807, 2.05) is 4.90 Å². The van der Waals surface area contributed by atoms with Gasteiger partial charge in [-0.15, -0.1) is 0 Å². The number of benzene rings is 1. The van der Waals surface area contributed by atoms with Crippen molar-refractivity contribution in [2.75, 3.05) is 37.2 Å². The number of nitrogens with one attached hydrogen (secondary N) is 1. The Hall–Kier alpha value is -1.60. The topological polar surface area (TPSA) is 69.7 Å². The summed E-state index contributed by atoms with van der Waals surface area (Å²) in [7, 11) is -3.41. The second kappa shape index (κ2) is 7.11. The number of hydrogen-bond donors (Lipinski definition) is 1. The molecule has 1 amide bonds. The van der Waals surface area contributed by atoms with Crippen molar-refractivity contribution in [3.05, 3.63) is 29.8 Å². The Morgan fingerprint density at radius 1 is 1.08 bits per heavy atom. The quantitative estimate of drug-likeness (QED) is 0.897. The Kier molecular flexibility index (Phi) is 5.10. The first-order chi connectivity index (χ1) is 11.4. The number of carbonyl (C=O) groups is 1. The summed E-state index contributed by atoms with van der Waals surface area (Å²) in [5.41, 5.74) is 0.764. The number of nitrogens with zero attached hydrogens (tertiary/aromatic N) is 2. The number of carbonyl (C=O) groups excluding carboxylic acids is 1. The molecule has 132 valence electrons. The molecule has 0 aromatic heterocycles. The van der Waals surface area contributed by atoms with Crippen LogP contribution in [0.25, 0.3) is 0 Å². The van der Waals surface area contributed by atoms with Gasteiger partial charge in [0.15, 0.2) is 0 Å². The van der Waals surface area contributed by atoms with Crippen molar-refractivity contribution in [1.29, 1.82) is 0 Å². The molecule has 7 heteroatoms. The monoisotopic (exact) mass is 351 g/mol. The van der Waals surface area contributed by atoms with E-state index < -0.39 is 10.0 Å². The number of para-hydroxylation sites is 1. The zero-order chi connectivity index (χ0) is 17.2. The molecule has 2 aliphatic rings. The number of sulfonamides is 1. The first-order valence-corrected chi connectivity index (χ1v) is 10.4. The average Bonchev–Trinajstić information content (AvgIpc) is 3.08. The lowest BCUT2D eigenvalue weighted by atomic mass is 10.1. The summed E-state index contributed by atoms with van der Waals surface area (Å²) in [5.74, 6) is -0.104. The second-order valence-corrected chi connectivity index (χ2v) is 8.43. The Balaban J connectivity index is 1.67. The molecular formula is C17H25N3O3S. The highest BCUT2D eigenvalue weighted by molar-refractivity contribution is 7.92. The fourth-order valence-corrected chi connectivity index (χ4v) is 4.27. The Morgan fingerprint density at radius 3 is 2.33 bits per heavy atom. The van der Waals surface area contributed by atoms with Gasteiger partial charge in [0.25, 0.3) is 5.91 Å². The number of anilines is 1. The summed E-state index contributed by atoms with van der Waals surface area (Å²) >= 11 is 0. The van der Waals surface area contributed by atoms with Crippen LogP contribution in [0.2, 0.25) is 0 Å². The van der Waals surface area contributed by atoms with Crippen molar-refractivity contribution in [3.8, 4) is 0 Å². The fraction of sp³-hybridized carbons (Fsp3) is 0.588. The van der Waals surface area contributed by atoms with Crippen LogP contribution < -0.4 is 4.72 Å². The smallest absolute Gasteiger partial charge is 0.256 e. The van der Waals surface area contributed by atoms with Crippen LogP contribution in [0, 0.1) is 0 Å². The number of rotatable bonds is 4. The predicted octanol–water partition coefficient (Wildman–Crippen LogP) is 1.76. The van der Waals surface area contributed by atoms with Gasteiger partial charge in [0, 0.05) is 32.2 Å². The first kappa shape index (κ1) is 17.2. The molecule has 1 saturated carbocycles. The van der Waals surface area contributed by atoms with Crippen molar-refractivity contribution in [1.82, 2.24) is 9.80 Å². The third kappa shape index (κ3) is 4.08. The lowest BCUT2D eigenvalue weighted by Gasteiger charge is -2.38. The minimum absolute atomic E-state index is 0.104. The van der Waals surface area contributed by atoms with E-state index in [1.165, 1.54) is 25.7 Å². The van der Waals surface area contributed by atoms with Crippen molar-refractivity contribution in [3.63, 3.8) is 0 Å². The summed E-state index contributed by atoms with van der Waals surface area (Å²) in [5, 5.41) is 0. The van der Waals surface area contributed by atoms with Crippen LogP contribution in [0.15, 0.2) is 24.3 Å². The van der Waals surface area contributed by atoms with Gasteiger partial charge in [-0.05, 0) is 25.0 Å². The maximum Gasteiger partial charge on any atom is 0.256 e. The van der Waals surface area contributed by atoms with Crippen LogP contribution >= 0.6 is 0 Å². The van der Waals surface area contributed by atoms with Gasteiger partial charge >= 0.3 is 0 Å². The van der Waals surface area contributed by atoms with Gasteiger partial charge in [-0.25, -0.2) is 8.42 Å². The van der Waals surface area contributed by atoms with Crippen LogP contribution in [0.5, 0.6) is 0 Å². The molecule has 1 heterocycles. The van der Waals surface area contributed by atoms with E-state index in [2.05, 4.69) is 9.62 Å². The van der Waals surface area contributed by atoms with Gasteiger partial charge in [-0.1, -0.05) is 25.0 Å². The Morgan fingerprint density at radius 2 is 1.71 bits per heavy atom. The van der Waals surface area contributed by atoms with E-state index in [0.717, 1.165) is 19.3 Å². The highest BCUT2D eigenvalue weighted by Gasteiger charge is 2.29. The minimum Gasteiger partial charge on any atom is -0.336 e. The normalized spacial score (nSPS) is 20.3. The summed E-state index contributed by atoms with van der Waals surface area (Å²) in [6.45, 7) is 3.20. The minimum atomic E-state index is -3.41. The molecule has 0 atom stereocenters. The summed E-state index contributed by atoms with van der Waals surface area (Å²) < 4.78 is 25.4. The largest absolute Gasteiger partial charge is 0.336 e. The summed E-state index contributed by atoms with van der Waals surface area (Å²) in [6, 6.07) is 7.47. The molecule has 1 aromatic carbocycles. The third-order valence-electron chi connectivity index (χ3n) is 4.90. The molecule has 3 rings (SSSR count). The van der Waals surface area contributed by atoms with Crippen LogP contribution in [-0.4, -0.2) is 62.6 Å². The summed E-state index contributed by atoms with van der Waals surface area (Å²) in [6.07, 6.45) is 6.27. The van der Waals surface area contributed by atoms with Gasteiger partial charge in [0.05, 0.1) is 17.5 Å². The van der Waals surface area contributed by atoms with Crippen LogP contribution in [-0.2, 0) is 10.0 Å². The van der Waals surface area contributed by atoms with E-state index in [-0.39, 0.29) is 5.91 Å². The average molecular weight is 351 g/mol. The van der Waals surface area contributed by atoms with E-state index in [9.17, 15) is 13.2 Å². The van der Waals surface area contributed by atoms with Gasteiger partial charge in [-0.3, -0.25) is 14.4 Å². The summed E-state index contributed by atoms with van der Waals surface area (Å²) in [4.78, 5) is 17.1. The standard InChI is InChI=1S/C17H25N3O3S/c1-24(22,23)18-16-9-5-4-8-15(16)17(21)20-12-10-19(11-13-20)14-6-2-3-7-14/h4-5,8-9,14,18H,2-3,6-7,10-13H2,1H3. The zero-order valence-electron chi connectivity index (χ0n) is 14.1. The van der Waals surface area contributed by atoms with Crippen LogP contribution in [0.4, 0.5) is 5.69 Å². The number of amides is 1. The molecule has 0 unspecified atom stereocenters. The van der Waals surface area contributed by atoms with Crippen molar-refractivity contribution in [2.45, 2.75) is 31.7 Å². The highest BCUT2D eigenvalue weighted by Crippen LogP contribution is 2.25. The number of hydrogen-bond acceptors (Lipinski definition) is 4. The molecule has 2 fully saturated rings. The van der Waals surface area contributed by atoms with Gasteiger partial charge in [-0.2, -0.15) is 0 Å². The van der Waals surface area contributed by atoms with Gasteiger partial charge < -0.3 is 4.90 Å². The molecule has 1 aliphatic carbocycles. The van der Waals surface area contributed by atoms with E-state index in [0.29, 0.717) is 30.4 Å². The first-order valence-electron chi connectivity index (χ1n) is 8.54. The molecule has 0 bridgehead atoms. The van der Waals surface area contributed by atoms with E-state index >= 15 is 0 Å². The molecular weight excluding hydrogens is 326 g/mol. The van der Waals surface area contributed by atoms with Gasteiger partial charge in [0.2, 0.25) is 10.0 Å². The fourth-order valence-electron chi connectivity index (χ4n) is 3.69. The Bertz CT molecular complexity index is 691. The zero-order valence-corrected chi connectivity index (χ0v) is 14.9. The molecule has 1 saturated heterocycles. The molecule has 0 spiro atoms. The Labute approximate surface area is 143 Å². The van der Waals surface area contributed by atoms with E-state index in [4.69, 9.17) is 0 Å². The van der Waals surface area contributed by atoms with E-state index in [1.54, 1.807) is 24.3 Å². The lowest BCUT2D eigenvalue weighted by molar-refractivity contribution is 0.0574. The maximum atomic E-state index is 12.8. The molecule has 1 aromatic rings. The third-order valence-corrected chi connectivity index (χ3v) is 5.49. The van der Waals surface area contributed by atoms with Gasteiger partial charge in [0.1, 0.15) is 0 Å².